The number of unbranched alkanes of at least 4 members (excludes halogenated alkanes) is 2. The van der Waals surface area contributed by atoms with Gasteiger partial charge in [-0.05, 0) is 43.2 Å². The Balaban J connectivity index is 1.65. The third-order valence-corrected chi connectivity index (χ3v) is 7.46. The summed E-state index contributed by atoms with van der Waals surface area (Å²) in [6.45, 7) is 4.61. The van der Waals surface area contributed by atoms with Crippen LogP contribution < -0.4 is 10.2 Å². The van der Waals surface area contributed by atoms with E-state index >= 15 is 0 Å². The molecule has 2 amide bonds. The number of carbonyl (C=O) groups excluding carboxylic acids is 2. The zero-order chi connectivity index (χ0) is 26.2. The van der Waals surface area contributed by atoms with E-state index in [9.17, 15) is 14.7 Å². The Kier molecular flexibility index (Phi) is 9.51. The van der Waals surface area contributed by atoms with Gasteiger partial charge in [0.25, 0.3) is 5.91 Å². The zero-order valence-corrected chi connectivity index (χ0v) is 22.2. The standard InChI is InChI=1S/C31H41N3O3/c1-3-5-15-26-24-14-10-11-16-27(24)34(21-23-12-8-7-9-13-23)31(37)29(32-26)33-30(36)25(20-22-18-19-22)28(35)17-6-4-2/h7-14,16,22,25,28-29,35H,3-6,15,17-21H2,1-2H3,(H,33,36)/t25-,28+,29?/m1/s1. The van der Waals surface area contributed by atoms with Gasteiger partial charge in [0, 0.05) is 11.3 Å². The lowest BCUT2D eigenvalue weighted by molar-refractivity contribution is -0.133. The Morgan fingerprint density at radius 2 is 1.76 bits per heavy atom. The van der Waals surface area contributed by atoms with E-state index in [0.29, 0.717) is 25.3 Å². The Morgan fingerprint density at radius 1 is 1.05 bits per heavy atom. The van der Waals surface area contributed by atoms with Gasteiger partial charge in [0.15, 0.2) is 0 Å². The Bertz CT molecular complexity index is 1080. The van der Waals surface area contributed by atoms with E-state index < -0.39 is 18.2 Å². The molecule has 0 bridgehead atoms. The van der Waals surface area contributed by atoms with Gasteiger partial charge in [0.05, 0.1) is 24.3 Å². The number of nitrogens with zero attached hydrogens (tertiary/aromatic N) is 2. The maximum Gasteiger partial charge on any atom is 0.272 e. The van der Waals surface area contributed by atoms with Crippen LogP contribution in [0.3, 0.4) is 0 Å². The fraction of sp³-hybridized carbons (Fsp3) is 0.516. The summed E-state index contributed by atoms with van der Waals surface area (Å²) in [6, 6.07) is 17.8. The number of anilines is 1. The summed E-state index contributed by atoms with van der Waals surface area (Å²) < 4.78 is 0. The molecule has 2 aliphatic rings. The quantitative estimate of drug-likeness (QED) is 0.372. The number of nitrogens with one attached hydrogen (secondary N) is 1. The summed E-state index contributed by atoms with van der Waals surface area (Å²) in [5.74, 6) is -0.545. The van der Waals surface area contributed by atoms with Gasteiger partial charge < -0.3 is 15.3 Å². The van der Waals surface area contributed by atoms with Gasteiger partial charge in [0.1, 0.15) is 0 Å². The molecular formula is C31H41N3O3. The van der Waals surface area contributed by atoms with Gasteiger partial charge in [-0.1, -0.05) is 94.5 Å². The molecule has 4 rings (SSSR count). The topological polar surface area (TPSA) is 82.0 Å². The van der Waals surface area contributed by atoms with E-state index in [0.717, 1.165) is 67.5 Å². The minimum atomic E-state index is -1.02. The molecule has 1 aliphatic carbocycles. The first kappa shape index (κ1) is 27.1. The highest BCUT2D eigenvalue weighted by Gasteiger charge is 2.37. The molecule has 198 valence electrons. The molecule has 0 saturated heterocycles. The van der Waals surface area contributed by atoms with Crippen LogP contribution in [0.1, 0.15) is 82.8 Å². The monoisotopic (exact) mass is 503 g/mol. The molecule has 1 saturated carbocycles. The molecule has 6 heteroatoms. The van der Waals surface area contributed by atoms with E-state index in [2.05, 4.69) is 19.2 Å². The molecular weight excluding hydrogens is 462 g/mol. The summed E-state index contributed by atoms with van der Waals surface area (Å²) in [7, 11) is 0. The number of fused-ring (bicyclic) bond motifs is 1. The molecule has 0 radical (unpaired) electrons. The van der Waals surface area contributed by atoms with Crippen LogP contribution in [-0.2, 0) is 16.1 Å². The highest BCUT2D eigenvalue weighted by atomic mass is 16.3. The van der Waals surface area contributed by atoms with Gasteiger partial charge in [-0.3, -0.25) is 14.6 Å². The SMILES string of the molecule is CCCCC1=NC(NC(=O)[C@H](CC2CC2)[C@@H](O)CCCC)C(=O)N(Cc2ccccc2)c2ccccc21. The second-order valence-corrected chi connectivity index (χ2v) is 10.5. The highest BCUT2D eigenvalue weighted by Crippen LogP contribution is 2.37. The van der Waals surface area contributed by atoms with Crippen molar-refractivity contribution in [2.45, 2.75) is 90.4 Å². The predicted octanol–water partition coefficient (Wildman–Crippen LogP) is 5.62. The van der Waals surface area contributed by atoms with Crippen molar-refractivity contribution in [3.8, 4) is 0 Å². The van der Waals surface area contributed by atoms with E-state index in [1.165, 1.54) is 0 Å². The first-order valence-electron chi connectivity index (χ1n) is 14.0. The predicted molar refractivity (Wildman–Crippen MR) is 148 cm³/mol. The van der Waals surface area contributed by atoms with Gasteiger partial charge in [-0.15, -0.1) is 0 Å². The lowest BCUT2D eigenvalue weighted by atomic mass is 9.91. The second kappa shape index (κ2) is 13.0. The largest absolute Gasteiger partial charge is 0.392 e. The number of hydrogen-bond donors (Lipinski definition) is 2. The number of benzene rings is 2. The highest BCUT2D eigenvalue weighted by molar-refractivity contribution is 6.13. The van der Waals surface area contributed by atoms with E-state index in [1.807, 2.05) is 54.6 Å². The Hall–Kier alpha value is -2.99. The third-order valence-electron chi connectivity index (χ3n) is 7.46. The van der Waals surface area contributed by atoms with Crippen LogP contribution in [0.5, 0.6) is 0 Å². The summed E-state index contributed by atoms with van der Waals surface area (Å²) in [5.41, 5.74) is 3.61. The van der Waals surface area contributed by atoms with Crippen molar-refractivity contribution in [3.63, 3.8) is 0 Å². The van der Waals surface area contributed by atoms with Crippen molar-refractivity contribution in [1.82, 2.24) is 5.32 Å². The van der Waals surface area contributed by atoms with E-state index in [-0.39, 0.29) is 11.8 Å². The van der Waals surface area contributed by atoms with Crippen LogP contribution in [0.4, 0.5) is 5.69 Å². The second-order valence-electron chi connectivity index (χ2n) is 10.5. The molecule has 3 atom stereocenters. The first-order chi connectivity index (χ1) is 18.0. The maximum absolute atomic E-state index is 14.0. The molecule has 1 fully saturated rings. The summed E-state index contributed by atoms with van der Waals surface area (Å²) >= 11 is 0. The number of aliphatic hydroxyl groups is 1. The van der Waals surface area contributed by atoms with Crippen LogP contribution in [0.25, 0.3) is 0 Å². The first-order valence-corrected chi connectivity index (χ1v) is 14.0. The van der Waals surface area contributed by atoms with Crippen molar-refractivity contribution in [2.75, 3.05) is 4.90 Å². The molecule has 6 nitrogen and oxygen atoms in total. The number of benzodiazepines with no additional fused rings is 1. The molecule has 2 aromatic carbocycles. The number of aliphatic hydroxyl groups excluding tert-OH is 1. The number of carbonyl (C=O) groups is 2. The molecule has 2 N–H and O–H groups in total. The lowest BCUT2D eigenvalue weighted by Crippen LogP contribution is -2.50. The number of rotatable bonds is 13. The van der Waals surface area contributed by atoms with Crippen LogP contribution in [-0.4, -0.2) is 34.9 Å². The minimum absolute atomic E-state index is 0.246. The van der Waals surface area contributed by atoms with Gasteiger partial charge in [-0.25, -0.2) is 0 Å². The van der Waals surface area contributed by atoms with Crippen LogP contribution in [0.15, 0.2) is 59.6 Å². The minimum Gasteiger partial charge on any atom is -0.392 e. The zero-order valence-electron chi connectivity index (χ0n) is 22.2. The van der Waals surface area contributed by atoms with Crippen molar-refractivity contribution in [3.05, 3.63) is 65.7 Å². The fourth-order valence-electron chi connectivity index (χ4n) is 5.07. The van der Waals surface area contributed by atoms with Gasteiger partial charge in [0.2, 0.25) is 12.1 Å². The van der Waals surface area contributed by atoms with E-state index in [1.54, 1.807) is 4.90 Å². The normalized spacial score (nSPS) is 19.0. The molecule has 37 heavy (non-hydrogen) atoms. The summed E-state index contributed by atoms with van der Waals surface area (Å²) in [4.78, 5) is 34.2. The van der Waals surface area contributed by atoms with Gasteiger partial charge in [-0.2, -0.15) is 0 Å². The Labute approximate surface area is 221 Å². The molecule has 0 aromatic heterocycles. The number of para-hydroxylation sites is 1. The molecule has 1 aliphatic heterocycles. The summed E-state index contributed by atoms with van der Waals surface area (Å²) in [5, 5.41) is 13.9. The molecule has 1 unspecified atom stereocenters. The average molecular weight is 504 g/mol. The Morgan fingerprint density at radius 3 is 2.46 bits per heavy atom. The molecule has 1 heterocycles. The summed E-state index contributed by atoms with van der Waals surface area (Å²) in [6.07, 6.45) is 6.26. The van der Waals surface area contributed by atoms with Gasteiger partial charge >= 0.3 is 0 Å². The van der Waals surface area contributed by atoms with Crippen LogP contribution in [0.2, 0.25) is 0 Å². The average Bonchev–Trinajstić information content (AvgIpc) is 3.75. The fourth-order valence-corrected chi connectivity index (χ4v) is 5.07. The van der Waals surface area contributed by atoms with Crippen molar-refractivity contribution < 1.29 is 14.7 Å². The van der Waals surface area contributed by atoms with Crippen LogP contribution in [0, 0.1) is 11.8 Å². The molecule has 0 spiro atoms. The van der Waals surface area contributed by atoms with Crippen molar-refractivity contribution >= 4 is 23.2 Å². The lowest BCUT2D eigenvalue weighted by Gasteiger charge is -2.27. The van der Waals surface area contributed by atoms with E-state index in [4.69, 9.17) is 4.99 Å². The van der Waals surface area contributed by atoms with Crippen LogP contribution >= 0.6 is 0 Å². The smallest absolute Gasteiger partial charge is 0.272 e. The number of hydrogen-bond acceptors (Lipinski definition) is 4. The van der Waals surface area contributed by atoms with Crippen molar-refractivity contribution in [1.29, 1.82) is 0 Å². The number of aliphatic imine (C=N–C) groups is 1. The number of amides is 2. The van der Waals surface area contributed by atoms with Crippen molar-refractivity contribution in [2.24, 2.45) is 16.8 Å². The third kappa shape index (κ3) is 7.07. The molecule has 2 aromatic rings. The maximum atomic E-state index is 14.0.